The molecule has 0 aliphatic carbocycles. The molecule has 10 nitrogen and oxygen atoms in total. The largest absolute Gasteiger partial charge is 0.365 e. The molecule has 2 unspecified atom stereocenters. The van der Waals surface area contributed by atoms with E-state index in [1.807, 2.05) is 18.2 Å². The highest BCUT2D eigenvalue weighted by atomic mass is 15.5. The fourth-order valence-corrected chi connectivity index (χ4v) is 4.87. The first-order chi connectivity index (χ1) is 16.1. The van der Waals surface area contributed by atoms with E-state index in [0.29, 0.717) is 29.6 Å². The Bertz CT molecular complexity index is 1270. The van der Waals surface area contributed by atoms with Crippen LogP contribution in [-0.2, 0) is 0 Å². The van der Waals surface area contributed by atoms with E-state index in [2.05, 4.69) is 82.9 Å². The van der Waals surface area contributed by atoms with Crippen molar-refractivity contribution in [3.05, 3.63) is 54.4 Å². The Morgan fingerprint density at radius 3 is 2.67 bits per heavy atom. The third kappa shape index (κ3) is 3.68. The van der Waals surface area contributed by atoms with Gasteiger partial charge in [0.25, 0.3) is 0 Å². The van der Waals surface area contributed by atoms with Gasteiger partial charge in [-0.2, -0.15) is 5.21 Å². The lowest BCUT2D eigenvalue weighted by atomic mass is 10.1. The van der Waals surface area contributed by atoms with Gasteiger partial charge in [0.1, 0.15) is 5.69 Å². The molecular formula is C23H24N10. The number of nitrogens with zero attached hydrogens (tertiary/aromatic N) is 8. The number of pyridine rings is 1. The third-order valence-corrected chi connectivity index (χ3v) is 6.57. The summed E-state index contributed by atoms with van der Waals surface area (Å²) < 4.78 is 0. The second kappa shape index (κ2) is 7.89. The number of aromatic nitrogens is 7. The number of likely N-dealkylation sites (tertiary alicyclic amines) is 1. The van der Waals surface area contributed by atoms with Crippen LogP contribution in [0.2, 0.25) is 0 Å². The van der Waals surface area contributed by atoms with E-state index in [4.69, 9.17) is 0 Å². The standard InChI is InChI=1S/C23H24N10/c1-14-9-16(4-6-21(14)33-13-17-10-18(33)12-32(17)2)26-23-24-8-7-19(27-23)15-3-5-20(25-11-15)22-28-30-31-29-22/h3-9,11,17-18H,10,12-13H2,1-2H3,(H,24,26,27)(H,28,29,30,31). The number of tetrazole rings is 1. The first-order valence-corrected chi connectivity index (χ1v) is 11.0. The molecule has 0 saturated carbocycles. The molecule has 2 N–H and O–H groups in total. The van der Waals surface area contributed by atoms with Crippen molar-refractivity contribution in [3.8, 4) is 22.8 Å². The van der Waals surface area contributed by atoms with E-state index in [0.717, 1.165) is 30.0 Å². The lowest BCUT2D eigenvalue weighted by Gasteiger charge is -2.34. The molecule has 0 spiro atoms. The average Bonchev–Trinajstić information content (AvgIpc) is 3.57. The van der Waals surface area contributed by atoms with Gasteiger partial charge in [0, 0.05) is 54.5 Å². The Labute approximate surface area is 191 Å². The average molecular weight is 441 g/mol. The first-order valence-electron chi connectivity index (χ1n) is 11.0. The van der Waals surface area contributed by atoms with E-state index in [9.17, 15) is 0 Å². The predicted octanol–water partition coefficient (Wildman–Crippen LogP) is 2.66. The number of anilines is 3. The molecule has 1 aromatic carbocycles. The summed E-state index contributed by atoms with van der Waals surface area (Å²) in [6, 6.07) is 13.4. The molecule has 2 aliphatic rings. The summed E-state index contributed by atoms with van der Waals surface area (Å²) in [4.78, 5) is 18.5. The molecule has 0 radical (unpaired) electrons. The van der Waals surface area contributed by atoms with Crippen molar-refractivity contribution in [1.29, 1.82) is 0 Å². The monoisotopic (exact) mass is 440 g/mol. The highest BCUT2D eigenvalue weighted by Crippen LogP contribution is 2.36. The molecule has 2 saturated heterocycles. The van der Waals surface area contributed by atoms with Crippen molar-refractivity contribution >= 4 is 17.3 Å². The van der Waals surface area contributed by atoms with E-state index >= 15 is 0 Å². The van der Waals surface area contributed by atoms with Crippen molar-refractivity contribution in [1.82, 2.24) is 40.5 Å². The molecule has 0 amide bonds. The van der Waals surface area contributed by atoms with Gasteiger partial charge < -0.3 is 10.2 Å². The van der Waals surface area contributed by atoms with Gasteiger partial charge in [-0.3, -0.25) is 9.88 Å². The van der Waals surface area contributed by atoms with Crippen LogP contribution in [0.4, 0.5) is 17.3 Å². The Morgan fingerprint density at radius 2 is 1.97 bits per heavy atom. The number of H-pyrrole nitrogens is 1. The SMILES string of the molecule is Cc1cc(Nc2nccc(-c3ccc(-c4nn[nH]n4)nc3)n2)ccc1N1CC2CC1CN2C. The second-order valence-electron chi connectivity index (χ2n) is 8.69. The predicted molar refractivity (Wildman–Crippen MR) is 125 cm³/mol. The Hall–Kier alpha value is -3.92. The van der Waals surface area contributed by atoms with Crippen LogP contribution >= 0.6 is 0 Å². The number of hydrogen-bond donors (Lipinski definition) is 2. The number of hydrogen-bond acceptors (Lipinski definition) is 9. The normalized spacial score (nSPS) is 19.9. The zero-order valence-electron chi connectivity index (χ0n) is 18.5. The number of piperazine rings is 1. The zero-order valence-corrected chi connectivity index (χ0v) is 18.5. The fraction of sp³-hybridized carbons (Fsp3) is 0.304. The Kier molecular flexibility index (Phi) is 4.72. The quantitative estimate of drug-likeness (QED) is 0.484. The molecular weight excluding hydrogens is 416 g/mol. The molecule has 2 aliphatic heterocycles. The van der Waals surface area contributed by atoms with Gasteiger partial charge in [-0.15, -0.1) is 10.2 Å². The Morgan fingerprint density at radius 1 is 1.03 bits per heavy atom. The van der Waals surface area contributed by atoms with Gasteiger partial charge in [0.2, 0.25) is 11.8 Å². The molecule has 3 aromatic heterocycles. The molecule has 2 bridgehead atoms. The van der Waals surface area contributed by atoms with Crippen molar-refractivity contribution in [3.63, 3.8) is 0 Å². The summed E-state index contributed by atoms with van der Waals surface area (Å²) in [5.41, 5.74) is 5.86. The zero-order chi connectivity index (χ0) is 22.4. The molecule has 10 heteroatoms. The number of aromatic amines is 1. The van der Waals surface area contributed by atoms with Gasteiger partial charge in [0.15, 0.2) is 0 Å². The van der Waals surface area contributed by atoms with E-state index in [1.165, 1.54) is 17.7 Å². The number of aryl methyl sites for hydroxylation is 1. The topological polar surface area (TPSA) is 112 Å². The van der Waals surface area contributed by atoms with Crippen molar-refractivity contribution in [2.45, 2.75) is 25.4 Å². The fourth-order valence-electron chi connectivity index (χ4n) is 4.87. The van der Waals surface area contributed by atoms with Gasteiger partial charge in [-0.1, -0.05) is 0 Å². The van der Waals surface area contributed by atoms with E-state index in [1.54, 1.807) is 12.4 Å². The lowest BCUT2D eigenvalue weighted by Crippen LogP contribution is -2.44. The number of fused-ring (bicyclic) bond motifs is 2. The summed E-state index contributed by atoms with van der Waals surface area (Å²) in [7, 11) is 2.23. The molecule has 4 aromatic rings. The van der Waals surface area contributed by atoms with Crippen LogP contribution in [0.15, 0.2) is 48.8 Å². The summed E-state index contributed by atoms with van der Waals surface area (Å²) in [6.45, 7) is 4.43. The van der Waals surface area contributed by atoms with Crippen LogP contribution in [0.3, 0.4) is 0 Å². The van der Waals surface area contributed by atoms with Gasteiger partial charge >= 0.3 is 0 Å². The van der Waals surface area contributed by atoms with Crippen molar-refractivity contribution in [2.24, 2.45) is 0 Å². The minimum absolute atomic E-state index is 0.458. The summed E-state index contributed by atoms with van der Waals surface area (Å²) in [6.07, 6.45) is 4.76. The van der Waals surface area contributed by atoms with E-state index in [-0.39, 0.29) is 0 Å². The highest BCUT2D eigenvalue weighted by molar-refractivity contribution is 5.66. The van der Waals surface area contributed by atoms with Crippen LogP contribution < -0.4 is 10.2 Å². The number of rotatable bonds is 5. The smallest absolute Gasteiger partial charge is 0.227 e. The van der Waals surface area contributed by atoms with Gasteiger partial charge in [0.05, 0.1) is 5.69 Å². The van der Waals surface area contributed by atoms with Crippen LogP contribution in [0.5, 0.6) is 0 Å². The summed E-state index contributed by atoms with van der Waals surface area (Å²) in [5, 5.41) is 17.3. The third-order valence-electron chi connectivity index (χ3n) is 6.57. The number of nitrogens with one attached hydrogen (secondary N) is 2. The minimum atomic E-state index is 0.458. The van der Waals surface area contributed by atoms with Crippen molar-refractivity contribution < 1.29 is 0 Å². The molecule has 2 fully saturated rings. The van der Waals surface area contributed by atoms with Crippen LogP contribution in [0.1, 0.15) is 12.0 Å². The maximum absolute atomic E-state index is 4.67. The van der Waals surface area contributed by atoms with Gasteiger partial charge in [-0.25, -0.2) is 9.97 Å². The van der Waals surface area contributed by atoms with Crippen LogP contribution in [0, 0.1) is 6.92 Å². The molecule has 166 valence electrons. The minimum Gasteiger partial charge on any atom is -0.365 e. The molecule has 33 heavy (non-hydrogen) atoms. The maximum Gasteiger partial charge on any atom is 0.227 e. The van der Waals surface area contributed by atoms with E-state index < -0.39 is 0 Å². The maximum atomic E-state index is 4.67. The second-order valence-corrected chi connectivity index (χ2v) is 8.69. The summed E-state index contributed by atoms with van der Waals surface area (Å²) in [5.74, 6) is 1.00. The highest BCUT2D eigenvalue weighted by Gasteiger charge is 2.41. The van der Waals surface area contributed by atoms with Gasteiger partial charge in [-0.05, 0) is 67.6 Å². The molecule has 6 rings (SSSR count). The Balaban J connectivity index is 1.19. The number of benzene rings is 1. The summed E-state index contributed by atoms with van der Waals surface area (Å²) >= 11 is 0. The lowest BCUT2D eigenvalue weighted by molar-refractivity contribution is 0.292. The van der Waals surface area contributed by atoms with Crippen molar-refractivity contribution in [2.75, 3.05) is 30.4 Å². The molecule has 2 atom stereocenters. The van der Waals surface area contributed by atoms with Crippen LogP contribution in [-0.4, -0.2) is 72.7 Å². The number of likely N-dealkylation sites (N-methyl/N-ethyl adjacent to an activating group) is 1. The van der Waals surface area contributed by atoms with Crippen LogP contribution in [0.25, 0.3) is 22.8 Å². The first kappa shape index (κ1) is 19.7. The molecule has 5 heterocycles.